The van der Waals surface area contributed by atoms with Crippen LogP contribution < -0.4 is 5.73 Å². The van der Waals surface area contributed by atoms with Crippen LogP contribution in [-0.2, 0) is 0 Å². The van der Waals surface area contributed by atoms with E-state index >= 15 is 0 Å². The predicted molar refractivity (Wildman–Crippen MR) is 79.1 cm³/mol. The number of hydrogen-bond acceptors (Lipinski definition) is 4. The van der Waals surface area contributed by atoms with Crippen molar-refractivity contribution in [1.29, 1.82) is 0 Å². The van der Waals surface area contributed by atoms with Crippen LogP contribution in [0.1, 0.15) is 29.6 Å². The first-order chi connectivity index (χ1) is 8.49. The third-order valence-electron chi connectivity index (χ3n) is 3.94. The van der Waals surface area contributed by atoms with Gasteiger partial charge < -0.3 is 10.6 Å². The van der Waals surface area contributed by atoms with Crippen LogP contribution in [0.15, 0.2) is 12.1 Å². The van der Waals surface area contributed by atoms with Crippen molar-refractivity contribution >= 4 is 11.3 Å². The quantitative estimate of drug-likeness (QED) is 0.910. The first-order valence-electron chi connectivity index (χ1n) is 6.75. The molecular formula is C14H25N3S. The number of likely N-dealkylation sites (N-methyl/N-ethyl adjacent to an activating group) is 1. The second-order valence-corrected chi connectivity index (χ2v) is 6.90. The van der Waals surface area contributed by atoms with Gasteiger partial charge in [-0.05, 0) is 40.0 Å². The summed E-state index contributed by atoms with van der Waals surface area (Å²) in [5.41, 5.74) is 6.24. The number of rotatable bonds is 3. The Hall–Kier alpha value is -0.420. The van der Waals surface area contributed by atoms with Crippen LogP contribution in [-0.4, -0.2) is 48.6 Å². The molecule has 3 unspecified atom stereocenters. The molecule has 0 bridgehead atoms. The average Bonchev–Trinajstić information content (AvgIpc) is 2.70. The van der Waals surface area contributed by atoms with E-state index < -0.39 is 0 Å². The van der Waals surface area contributed by atoms with Crippen LogP contribution in [0.4, 0.5) is 0 Å². The lowest BCUT2D eigenvalue weighted by Crippen LogP contribution is -2.53. The minimum Gasteiger partial charge on any atom is -0.326 e. The molecule has 0 spiro atoms. The van der Waals surface area contributed by atoms with Crippen LogP contribution in [0.25, 0.3) is 0 Å². The Labute approximate surface area is 115 Å². The average molecular weight is 267 g/mol. The summed E-state index contributed by atoms with van der Waals surface area (Å²) >= 11 is 1.88. The number of thiophene rings is 1. The fraction of sp³-hybridized carbons (Fsp3) is 0.714. The summed E-state index contributed by atoms with van der Waals surface area (Å²) in [6.07, 6.45) is 0. The second-order valence-electron chi connectivity index (χ2n) is 5.58. The lowest BCUT2D eigenvalue weighted by molar-refractivity contribution is 0.0651. The SMILES string of the molecule is Cc1ccc(C(C(C)N)N2CCN(C)C(C)C2)s1. The molecule has 0 aromatic carbocycles. The van der Waals surface area contributed by atoms with Gasteiger partial charge in [-0.15, -0.1) is 11.3 Å². The first kappa shape index (κ1) is 14.0. The highest BCUT2D eigenvalue weighted by Gasteiger charge is 2.30. The highest BCUT2D eigenvalue weighted by Crippen LogP contribution is 2.31. The zero-order valence-electron chi connectivity index (χ0n) is 11.9. The van der Waals surface area contributed by atoms with E-state index in [9.17, 15) is 0 Å². The Morgan fingerprint density at radius 2 is 2.11 bits per heavy atom. The molecule has 0 radical (unpaired) electrons. The van der Waals surface area contributed by atoms with Gasteiger partial charge in [0.2, 0.25) is 0 Å². The van der Waals surface area contributed by atoms with Crippen molar-refractivity contribution in [2.75, 3.05) is 26.7 Å². The molecular weight excluding hydrogens is 242 g/mol. The molecule has 4 heteroatoms. The molecule has 1 aromatic heterocycles. The molecule has 1 fully saturated rings. The molecule has 2 N–H and O–H groups in total. The normalized spacial score (nSPS) is 26.2. The number of piperazine rings is 1. The number of nitrogens with two attached hydrogens (primary N) is 1. The van der Waals surface area contributed by atoms with E-state index in [1.54, 1.807) is 0 Å². The molecule has 1 aliphatic rings. The maximum absolute atomic E-state index is 6.24. The summed E-state index contributed by atoms with van der Waals surface area (Å²) in [5, 5.41) is 0. The molecule has 0 amide bonds. The summed E-state index contributed by atoms with van der Waals surface area (Å²) in [4.78, 5) is 7.77. The van der Waals surface area contributed by atoms with Crippen LogP contribution in [0.2, 0.25) is 0 Å². The van der Waals surface area contributed by atoms with Crippen LogP contribution in [0.3, 0.4) is 0 Å². The molecule has 1 saturated heterocycles. The molecule has 102 valence electrons. The molecule has 0 aliphatic carbocycles. The van der Waals surface area contributed by atoms with Crippen molar-refractivity contribution < 1.29 is 0 Å². The molecule has 18 heavy (non-hydrogen) atoms. The summed E-state index contributed by atoms with van der Waals surface area (Å²) in [6, 6.07) is 5.62. The van der Waals surface area contributed by atoms with E-state index in [-0.39, 0.29) is 6.04 Å². The van der Waals surface area contributed by atoms with Crippen molar-refractivity contribution in [3.8, 4) is 0 Å². The van der Waals surface area contributed by atoms with E-state index in [2.05, 4.69) is 49.8 Å². The predicted octanol–water partition coefficient (Wildman–Crippen LogP) is 2.08. The van der Waals surface area contributed by atoms with Crippen molar-refractivity contribution in [1.82, 2.24) is 9.80 Å². The van der Waals surface area contributed by atoms with Crippen molar-refractivity contribution in [3.63, 3.8) is 0 Å². The van der Waals surface area contributed by atoms with Gasteiger partial charge in [0.15, 0.2) is 0 Å². The van der Waals surface area contributed by atoms with Gasteiger partial charge in [0.25, 0.3) is 0 Å². The van der Waals surface area contributed by atoms with Gasteiger partial charge in [0.05, 0.1) is 6.04 Å². The molecule has 2 rings (SSSR count). The summed E-state index contributed by atoms with van der Waals surface area (Å²) < 4.78 is 0. The fourth-order valence-electron chi connectivity index (χ4n) is 2.71. The van der Waals surface area contributed by atoms with Gasteiger partial charge in [-0.2, -0.15) is 0 Å². The smallest absolute Gasteiger partial charge is 0.0591 e. The van der Waals surface area contributed by atoms with Gasteiger partial charge in [0.1, 0.15) is 0 Å². The highest BCUT2D eigenvalue weighted by atomic mass is 32.1. The molecule has 0 saturated carbocycles. The Balaban J connectivity index is 2.16. The fourth-order valence-corrected chi connectivity index (χ4v) is 3.84. The van der Waals surface area contributed by atoms with Gasteiger partial charge >= 0.3 is 0 Å². The summed E-state index contributed by atoms with van der Waals surface area (Å²) in [7, 11) is 2.21. The van der Waals surface area contributed by atoms with Crippen molar-refractivity contribution in [2.24, 2.45) is 5.73 Å². The Bertz CT molecular complexity index is 388. The van der Waals surface area contributed by atoms with Gasteiger partial charge in [-0.1, -0.05) is 0 Å². The first-order valence-corrected chi connectivity index (χ1v) is 7.57. The van der Waals surface area contributed by atoms with Crippen molar-refractivity contribution in [2.45, 2.75) is 38.9 Å². The number of nitrogens with zero attached hydrogens (tertiary/aromatic N) is 2. The van der Waals surface area contributed by atoms with E-state index in [4.69, 9.17) is 5.73 Å². The van der Waals surface area contributed by atoms with Gasteiger partial charge in [-0.25, -0.2) is 0 Å². The maximum atomic E-state index is 6.24. The molecule has 3 nitrogen and oxygen atoms in total. The molecule has 3 atom stereocenters. The monoisotopic (exact) mass is 267 g/mol. The lowest BCUT2D eigenvalue weighted by atomic mass is 10.0. The third-order valence-corrected chi connectivity index (χ3v) is 5.01. The Kier molecular flexibility index (Phi) is 4.43. The lowest BCUT2D eigenvalue weighted by Gasteiger charge is -2.42. The van der Waals surface area contributed by atoms with Gasteiger partial charge in [0, 0.05) is 41.5 Å². The third kappa shape index (κ3) is 2.94. The zero-order chi connectivity index (χ0) is 13.3. The van der Waals surface area contributed by atoms with E-state index in [0.717, 1.165) is 19.6 Å². The topological polar surface area (TPSA) is 32.5 Å². The zero-order valence-corrected chi connectivity index (χ0v) is 12.7. The van der Waals surface area contributed by atoms with Crippen molar-refractivity contribution in [3.05, 3.63) is 21.9 Å². The van der Waals surface area contributed by atoms with Crippen LogP contribution >= 0.6 is 11.3 Å². The number of hydrogen-bond donors (Lipinski definition) is 1. The summed E-state index contributed by atoms with van der Waals surface area (Å²) in [5.74, 6) is 0. The standard InChI is InChI=1S/C14H25N3S/c1-10-9-17(8-7-16(10)4)14(12(3)15)13-6-5-11(2)18-13/h5-6,10,12,14H,7-9,15H2,1-4H3. The molecule has 1 aromatic rings. The molecule has 1 aliphatic heterocycles. The minimum atomic E-state index is 0.179. The minimum absolute atomic E-state index is 0.179. The van der Waals surface area contributed by atoms with E-state index in [0.29, 0.717) is 12.1 Å². The van der Waals surface area contributed by atoms with Crippen LogP contribution in [0, 0.1) is 6.92 Å². The van der Waals surface area contributed by atoms with E-state index in [1.807, 2.05) is 11.3 Å². The van der Waals surface area contributed by atoms with Gasteiger partial charge in [-0.3, -0.25) is 4.90 Å². The van der Waals surface area contributed by atoms with E-state index in [1.165, 1.54) is 9.75 Å². The second kappa shape index (κ2) is 5.70. The van der Waals surface area contributed by atoms with Crippen LogP contribution in [0.5, 0.6) is 0 Å². The molecule has 2 heterocycles. The Morgan fingerprint density at radius 3 is 2.61 bits per heavy atom. The number of aryl methyl sites for hydroxylation is 1. The largest absolute Gasteiger partial charge is 0.326 e. The summed E-state index contributed by atoms with van der Waals surface area (Å²) in [6.45, 7) is 9.95. The Morgan fingerprint density at radius 1 is 1.39 bits per heavy atom. The highest BCUT2D eigenvalue weighted by molar-refractivity contribution is 7.12. The maximum Gasteiger partial charge on any atom is 0.0591 e.